The number of rotatable bonds is 8. The second kappa shape index (κ2) is 6.06. The van der Waals surface area contributed by atoms with Crippen LogP contribution < -0.4 is 5.32 Å². The first kappa shape index (κ1) is 13.1. The maximum absolute atomic E-state index is 5.72. The second-order valence-corrected chi connectivity index (χ2v) is 6.28. The SMILES string of the molecule is CC(CNC1CC1)c1ccc(COCC2CC2)cc1. The third kappa shape index (κ3) is 4.32. The van der Waals surface area contributed by atoms with Gasteiger partial charge < -0.3 is 10.1 Å². The van der Waals surface area contributed by atoms with Gasteiger partial charge in [-0.2, -0.15) is 0 Å². The summed E-state index contributed by atoms with van der Waals surface area (Å²) in [4.78, 5) is 0. The number of hydrogen-bond donors (Lipinski definition) is 1. The van der Waals surface area contributed by atoms with E-state index in [1.165, 1.54) is 36.8 Å². The molecule has 0 bridgehead atoms. The van der Waals surface area contributed by atoms with Crippen molar-refractivity contribution in [3.63, 3.8) is 0 Å². The molecular formula is C17H25NO. The van der Waals surface area contributed by atoms with E-state index in [0.29, 0.717) is 5.92 Å². The van der Waals surface area contributed by atoms with Gasteiger partial charge >= 0.3 is 0 Å². The summed E-state index contributed by atoms with van der Waals surface area (Å²) in [6.07, 6.45) is 5.46. The van der Waals surface area contributed by atoms with Crippen LogP contribution in [0.25, 0.3) is 0 Å². The van der Waals surface area contributed by atoms with Crippen molar-refractivity contribution >= 4 is 0 Å². The average molecular weight is 259 g/mol. The Bertz CT molecular complexity index is 392. The molecule has 2 aliphatic carbocycles. The number of benzene rings is 1. The standard InChI is InChI=1S/C17H25NO/c1-13(10-18-17-8-9-17)16-6-4-15(5-7-16)12-19-11-14-2-3-14/h4-7,13-14,17-18H,2-3,8-12H2,1H3. The van der Waals surface area contributed by atoms with Crippen molar-refractivity contribution in [2.75, 3.05) is 13.2 Å². The molecule has 1 atom stereocenters. The zero-order valence-corrected chi connectivity index (χ0v) is 11.9. The van der Waals surface area contributed by atoms with E-state index in [-0.39, 0.29) is 0 Å². The molecule has 0 spiro atoms. The summed E-state index contributed by atoms with van der Waals surface area (Å²) in [6.45, 7) is 5.12. The maximum atomic E-state index is 5.72. The van der Waals surface area contributed by atoms with E-state index in [1.807, 2.05) is 0 Å². The lowest BCUT2D eigenvalue weighted by atomic mass is 10.00. The lowest BCUT2D eigenvalue weighted by Crippen LogP contribution is -2.21. The predicted octanol–water partition coefficient (Wildman–Crippen LogP) is 3.47. The number of nitrogens with one attached hydrogen (secondary N) is 1. The van der Waals surface area contributed by atoms with Crippen molar-refractivity contribution in [3.05, 3.63) is 35.4 Å². The molecule has 0 radical (unpaired) electrons. The largest absolute Gasteiger partial charge is 0.376 e. The van der Waals surface area contributed by atoms with Crippen molar-refractivity contribution in [2.45, 2.75) is 51.2 Å². The van der Waals surface area contributed by atoms with Crippen LogP contribution in [0.4, 0.5) is 0 Å². The molecule has 0 aromatic heterocycles. The highest BCUT2D eigenvalue weighted by Gasteiger charge is 2.21. The first-order chi connectivity index (χ1) is 9.31. The van der Waals surface area contributed by atoms with Crippen molar-refractivity contribution in [2.24, 2.45) is 5.92 Å². The summed E-state index contributed by atoms with van der Waals surface area (Å²) in [5.41, 5.74) is 2.73. The molecule has 2 saturated carbocycles. The summed E-state index contributed by atoms with van der Waals surface area (Å²) in [5.74, 6) is 1.45. The van der Waals surface area contributed by atoms with Gasteiger partial charge in [0, 0.05) is 19.2 Å². The molecule has 3 rings (SSSR count). The molecule has 1 unspecified atom stereocenters. The van der Waals surface area contributed by atoms with Crippen LogP contribution in [0.3, 0.4) is 0 Å². The van der Waals surface area contributed by atoms with Crippen LogP contribution in [-0.4, -0.2) is 19.2 Å². The summed E-state index contributed by atoms with van der Waals surface area (Å²) >= 11 is 0. The van der Waals surface area contributed by atoms with E-state index in [2.05, 4.69) is 36.5 Å². The first-order valence-corrected chi connectivity index (χ1v) is 7.71. The van der Waals surface area contributed by atoms with Crippen LogP contribution in [0.15, 0.2) is 24.3 Å². The molecule has 2 aliphatic rings. The van der Waals surface area contributed by atoms with E-state index >= 15 is 0 Å². The Labute approximate surface area is 116 Å². The molecule has 2 fully saturated rings. The fraction of sp³-hybridized carbons (Fsp3) is 0.647. The minimum Gasteiger partial charge on any atom is -0.376 e. The molecule has 0 amide bonds. The fourth-order valence-corrected chi connectivity index (χ4v) is 2.32. The summed E-state index contributed by atoms with van der Waals surface area (Å²) < 4.78 is 5.72. The van der Waals surface area contributed by atoms with Crippen LogP contribution >= 0.6 is 0 Å². The van der Waals surface area contributed by atoms with Gasteiger partial charge in [-0.05, 0) is 48.6 Å². The molecule has 104 valence electrons. The normalized spacial score (nSPS) is 20.5. The van der Waals surface area contributed by atoms with Crippen LogP contribution in [0.1, 0.15) is 49.7 Å². The summed E-state index contributed by atoms with van der Waals surface area (Å²) in [7, 11) is 0. The highest BCUT2D eigenvalue weighted by Crippen LogP contribution is 2.29. The van der Waals surface area contributed by atoms with Gasteiger partial charge in [-0.15, -0.1) is 0 Å². The minimum atomic E-state index is 0.599. The van der Waals surface area contributed by atoms with Crippen molar-refractivity contribution < 1.29 is 4.74 Å². The third-order valence-electron chi connectivity index (χ3n) is 4.16. The maximum Gasteiger partial charge on any atom is 0.0717 e. The van der Waals surface area contributed by atoms with Gasteiger partial charge in [0.05, 0.1) is 6.61 Å². The molecule has 1 aromatic rings. The molecule has 2 heteroatoms. The van der Waals surface area contributed by atoms with E-state index in [4.69, 9.17) is 4.74 Å². The van der Waals surface area contributed by atoms with E-state index in [0.717, 1.165) is 31.7 Å². The van der Waals surface area contributed by atoms with Crippen molar-refractivity contribution in [1.82, 2.24) is 5.32 Å². The molecule has 1 N–H and O–H groups in total. The Balaban J connectivity index is 1.43. The lowest BCUT2D eigenvalue weighted by Gasteiger charge is -2.13. The van der Waals surface area contributed by atoms with Crippen LogP contribution in [0.5, 0.6) is 0 Å². The molecule has 0 heterocycles. The van der Waals surface area contributed by atoms with Crippen LogP contribution in [0.2, 0.25) is 0 Å². The zero-order valence-electron chi connectivity index (χ0n) is 11.9. The Morgan fingerprint density at radius 3 is 2.53 bits per heavy atom. The fourth-order valence-electron chi connectivity index (χ4n) is 2.32. The zero-order chi connectivity index (χ0) is 13.1. The Morgan fingerprint density at radius 1 is 1.16 bits per heavy atom. The van der Waals surface area contributed by atoms with E-state index < -0.39 is 0 Å². The highest BCUT2D eigenvalue weighted by atomic mass is 16.5. The molecule has 2 nitrogen and oxygen atoms in total. The second-order valence-electron chi connectivity index (χ2n) is 6.28. The van der Waals surface area contributed by atoms with Crippen molar-refractivity contribution in [3.8, 4) is 0 Å². The minimum absolute atomic E-state index is 0.599. The Morgan fingerprint density at radius 2 is 1.89 bits per heavy atom. The van der Waals surface area contributed by atoms with Gasteiger partial charge in [0.25, 0.3) is 0 Å². The quantitative estimate of drug-likeness (QED) is 0.772. The lowest BCUT2D eigenvalue weighted by molar-refractivity contribution is 0.111. The summed E-state index contributed by atoms with van der Waals surface area (Å²) in [6, 6.07) is 9.76. The Hall–Kier alpha value is -0.860. The smallest absolute Gasteiger partial charge is 0.0717 e. The van der Waals surface area contributed by atoms with Gasteiger partial charge in [0.15, 0.2) is 0 Å². The van der Waals surface area contributed by atoms with Gasteiger partial charge in [0.2, 0.25) is 0 Å². The number of ether oxygens (including phenoxy) is 1. The van der Waals surface area contributed by atoms with E-state index in [9.17, 15) is 0 Å². The molecule has 19 heavy (non-hydrogen) atoms. The van der Waals surface area contributed by atoms with Crippen molar-refractivity contribution in [1.29, 1.82) is 0 Å². The molecular weight excluding hydrogens is 234 g/mol. The average Bonchev–Trinajstić information content (AvgIpc) is 3.31. The van der Waals surface area contributed by atoms with Gasteiger partial charge in [-0.1, -0.05) is 31.2 Å². The molecule has 0 saturated heterocycles. The van der Waals surface area contributed by atoms with Crippen LogP contribution in [-0.2, 0) is 11.3 Å². The predicted molar refractivity (Wildman–Crippen MR) is 78.3 cm³/mol. The topological polar surface area (TPSA) is 21.3 Å². The van der Waals surface area contributed by atoms with Gasteiger partial charge in [0.1, 0.15) is 0 Å². The monoisotopic (exact) mass is 259 g/mol. The Kier molecular flexibility index (Phi) is 4.19. The van der Waals surface area contributed by atoms with Crippen LogP contribution in [0, 0.1) is 5.92 Å². The first-order valence-electron chi connectivity index (χ1n) is 7.71. The van der Waals surface area contributed by atoms with Gasteiger partial charge in [-0.25, -0.2) is 0 Å². The third-order valence-corrected chi connectivity index (χ3v) is 4.16. The van der Waals surface area contributed by atoms with Gasteiger partial charge in [-0.3, -0.25) is 0 Å². The highest BCUT2D eigenvalue weighted by molar-refractivity contribution is 5.25. The molecule has 0 aliphatic heterocycles. The number of hydrogen-bond acceptors (Lipinski definition) is 2. The summed E-state index contributed by atoms with van der Waals surface area (Å²) in [5, 5.41) is 3.60. The molecule has 1 aromatic carbocycles. The van der Waals surface area contributed by atoms with E-state index in [1.54, 1.807) is 0 Å².